The highest BCUT2D eigenvalue weighted by Crippen LogP contribution is 2.44. The number of carboxylic acids is 1. The largest absolute Gasteiger partial charge is 0.478 e. The van der Waals surface area contributed by atoms with Crippen molar-refractivity contribution in [2.75, 3.05) is 19.7 Å². The molecule has 3 N–H and O–H groups in total. The van der Waals surface area contributed by atoms with Gasteiger partial charge in [0.15, 0.2) is 0 Å². The highest BCUT2D eigenvalue weighted by atomic mass is 16.5. The molecule has 0 bridgehead atoms. The van der Waals surface area contributed by atoms with E-state index < -0.39 is 17.5 Å². The van der Waals surface area contributed by atoms with Crippen molar-refractivity contribution in [1.82, 2.24) is 10.6 Å². The van der Waals surface area contributed by atoms with Gasteiger partial charge in [-0.2, -0.15) is 0 Å². The predicted molar refractivity (Wildman–Crippen MR) is 133 cm³/mol. The summed E-state index contributed by atoms with van der Waals surface area (Å²) < 4.78 is 5.65. The lowest BCUT2D eigenvalue weighted by atomic mass is 9.79. The molecule has 0 saturated heterocycles. The van der Waals surface area contributed by atoms with Crippen molar-refractivity contribution in [1.29, 1.82) is 0 Å². The van der Waals surface area contributed by atoms with Crippen LogP contribution in [-0.2, 0) is 14.3 Å². The molecule has 0 aromatic heterocycles. The van der Waals surface area contributed by atoms with E-state index in [1.807, 2.05) is 24.3 Å². The van der Waals surface area contributed by atoms with Crippen LogP contribution in [0.3, 0.4) is 0 Å². The standard InChI is InChI=1S/C28H32N2O5/c31-25(32)14-9-17-29-26(33)28(15-7-1-2-8-16-28)19-30-27(34)35-18-24-22-12-5-3-10-20(22)21-11-4-6-13-23(21)24/h3-6,9-14,24H,1-2,7-8,15-19H2,(H,29,33)(H,30,34)(H,31,32)/b14-9+. The van der Waals surface area contributed by atoms with Crippen molar-refractivity contribution in [3.63, 3.8) is 0 Å². The van der Waals surface area contributed by atoms with Gasteiger partial charge in [0.2, 0.25) is 5.91 Å². The highest BCUT2D eigenvalue weighted by Gasteiger charge is 2.39. The van der Waals surface area contributed by atoms with Gasteiger partial charge in [-0.1, -0.05) is 80.3 Å². The zero-order chi connectivity index (χ0) is 24.7. The Hall–Kier alpha value is -3.61. The molecule has 2 aliphatic carbocycles. The Morgan fingerprint density at radius 2 is 1.51 bits per heavy atom. The lowest BCUT2D eigenvalue weighted by molar-refractivity contribution is -0.132. The molecule has 35 heavy (non-hydrogen) atoms. The van der Waals surface area contributed by atoms with Crippen LogP contribution in [0.25, 0.3) is 11.1 Å². The smallest absolute Gasteiger partial charge is 0.407 e. The van der Waals surface area contributed by atoms with E-state index in [2.05, 4.69) is 34.9 Å². The van der Waals surface area contributed by atoms with Crippen LogP contribution in [-0.4, -0.2) is 42.8 Å². The monoisotopic (exact) mass is 476 g/mol. The van der Waals surface area contributed by atoms with Crippen LogP contribution in [0.15, 0.2) is 60.7 Å². The van der Waals surface area contributed by atoms with Crippen molar-refractivity contribution in [3.05, 3.63) is 71.8 Å². The molecule has 1 saturated carbocycles. The summed E-state index contributed by atoms with van der Waals surface area (Å²) in [6, 6.07) is 16.4. The van der Waals surface area contributed by atoms with Crippen LogP contribution in [0.5, 0.6) is 0 Å². The zero-order valence-corrected chi connectivity index (χ0v) is 19.8. The Morgan fingerprint density at radius 3 is 2.11 bits per heavy atom. The summed E-state index contributed by atoms with van der Waals surface area (Å²) in [7, 11) is 0. The Bertz CT molecular complexity index is 1060. The van der Waals surface area contributed by atoms with E-state index in [0.29, 0.717) is 12.8 Å². The van der Waals surface area contributed by atoms with Crippen LogP contribution < -0.4 is 10.6 Å². The van der Waals surface area contributed by atoms with Gasteiger partial charge in [0.1, 0.15) is 6.61 Å². The maximum absolute atomic E-state index is 13.1. The summed E-state index contributed by atoms with van der Waals surface area (Å²) in [6.45, 7) is 0.551. The maximum atomic E-state index is 13.1. The molecule has 1 fully saturated rings. The Morgan fingerprint density at radius 1 is 0.914 bits per heavy atom. The number of fused-ring (bicyclic) bond motifs is 3. The first-order valence-corrected chi connectivity index (χ1v) is 12.3. The van der Waals surface area contributed by atoms with Crippen molar-refractivity contribution < 1.29 is 24.2 Å². The summed E-state index contributed by atoms with van der Waals surface area (Å²) >= 11 is 0. The van der Waals surface area contributed by atoms with E-state index in [4.69, 9.17) is 9.84 Å². The number of hydrogen-bond acceptors (Lipinski definition) is 4. The number of hydrogen-bond donors (Lipinski definition) is 3. The number of alkyl carbamates (subject to hydrolysis) is 1. The first-order chi connectivity index (χ1) is 17.0. The second-order valence-electron chi connectivity index (χ2n) is 9.32. The van der Waals surface area contributed by atoms with Gasteiger partial charge in [0, 0.05) is 25.1 Å². The number of nitrogens with one attached hydrogen (secondary N) is 2. The molecule has 2 amide bonds. The normalized spacial score (nSPS) is 16.7. The number of carboxylic acid groups (broad SMARTS) is 1. The molecular weight excluding hydrogens is 444 g/mol. The molecule has 0 heterocycles. The highest BCUT2D eigenvalue weighted by molar-refractivity contribution is 5.84. The third kappa shape index (κ3) is 5.73. The van der Waals surface area contributed by atoms with Crippen LogP contribution in [0.2, 0.25) is 0 Å². The lowest BCUT2D eigenvalue weighted by Gasteiger charge is -2.31. The van der Waals surface area contributed by atoms with E-state index in [0.717, 1.165) is 42.9 Å². The molecule has 7 heteroatoms. The van der Waals surface area contributed by atoms with Crippen molar-refractivity contribution in [2.24, 2.45) is 5.41 Å². The average molecular weight is 477 g/mol. The van der Waals surface area contributed by atoms with Gasteiger partial charge in [-0.05, 0) is 35.1 Å². The second kappa shape index (κ2) is 11.2. The second-order valence-corrected chi connectivity index (χ2v) is 9.32. The van der Waals surface area contributed by atoms with Gasteiger partial charge in [-0.15, -0.1) is 0 Å². The summed E-state index contributed by atoms with van der Waals surface area (Å²) in [4.78, 5) is 36.5. The minimum Gasteiger partial charge on any atom is -0.478 e. The molecule has 7 nitrogen and oxygen atoms in total. The van der Waals surface area contributed by atoms with E-state index in [9.17, 15) is 14.4 Å². The molecule has 2 aromatic carbocycles. The van der Waals surface area contributed by atoms with Gasteiger partial charge in [-0.25, -0.2) is 9.59 Å². The van der Waals surface area contributed by atoms with Gasteiger partial charge in [0.25, 0.3) is 0 Å². The fraction of sp³-hybridized carbons (Fsp3) is 0.393. The number of carbonyl (C=O) groups excluding carboxylic acids is 2. The lowest BCUT2D eigenvalue weighted by Crippen LogP contribution is -2.48. The van der Waals surface area contributed by atoms with Gasteiger partial charge >= 0.3 is 12.1 Å². The summed E-state index contributed by atoms with van der Waals surface area (Å²) in [5.74, 6) is -1.24. The maximum Gasteiger partial charge on any atom is 0.407 e. The topological polar surface area (TPSA) is 105 Å². The van der Waals surface area contributed by atoms with Crippen LogP contribution >= 0.6 is 0 Å². The zero-order valence-electron chi connectivity index (χ0n) is 19.8. The Labute approximate surface area is 205 Å². The average Bonchev–Trinajstić information content (AvgIpc) is 3.00. The van der Waals surface area contributed by atoms with Crippen molar-refractivity contribution >= 4 is 18.0 Å². The molecule has 0 aliphatic heterocycles. The third-order valence-electron chi connectivity index (χ3n) is 7.10. The SMILES string of the molecule is O=C(O)/C=C/CNC(=O)C1(CNC(=O)OCC2c3ccccc3-c3ccccc32)CCCCCC1. The van der Waals surface area contributed by atoms with E-state index in [1.54, 1.807) is 0 Å². The van der Waals surface area contributed by atoms with Crippen LogP contribution in [0, 0.1) is 5.41 Å². The molecule has 2 aromatic rings. The fourth-order valence-electron chi connectivity index (χ4n) is 5.28. The van der Waals surface area contributed by atoms with Gasteiger partial charge in [0.05, 0.1) is 5.41 Å². The van der Waals surface area contributed by atoms with Crippen LogP contribution in [0.1, 0.15) is 55.6 Å². The molecule has 0 atom stereocenters. The van der Waals surface area contributed by atoms with E-state index in [1.165, 1.54) is 17.2 Å². The van der Waals surface area contributed by atoms with Crippen molar-refractivity contribution in [3.8, 4) is 11.1 Å². The minimum absolute atomic E-state index is 0.0238. The molecule has 0 radical (unpaired) electrons. The molecular formula is C28H32N2O5. The summed E-state index contributed by atoms with van der Waals surface area (Å²) in [5.41, 5.74) is 3.91. The number of amides is 2. The molecule has 0 spiro atoms. The quantitative estimate of drug-likeness (QED) is 0.381. The van der Waals surface area contributed by atoms with Gasteiger partial charge in [-0.3, -0.25) is 4.79 Å². The molecule has 0 unspecified atom stereocenters. The Kier molecular flexibility index (Phi) is 7.85. The molecule has 2 aliphatic rings. The number of aliphatic carboxylic acids is 1. The number of benzene rings is 2. The predicted octanol–water partition coefficient (Wildman–Crippen LogP) is 4.62. The fourth-order valence-corrected chi connectivity index (χ4v) is 5.28. The Balaban J connectivity index is 1.38. The summed E-state index contributed by atoms with van der Waals surface area (Å²) in [5, 5.41) is 14.4. The van der Waals surface area contributed by atoms with E-state index >= 15 is 0 Å². The van der Waals surface area contributed by atoms with E-state index in [-0.39, 0.29) is 31.5 Å². The van der Waals surface area contributed by atoms with Crippen molar-refractivity contribution in [2.45, 2.75) is 44.4 Å². The van der Waals surface area contributed by atoms with Crippen LogP contribution in [0.4, 0.5) is 4.79 Å². The number of rotatable bonds is 8. The first kappa shape index (κ1) is 24.5. The molecule has 4 rings (SSSR count). The summed E-state index contributed by atoms with van der Waals surface area (Å²) in [6.07, 6.45) is 7.15. The number of carbonyl (C=O) groups is 3. The molecule has 184 valence electrons. The first-order valence-electron chi connectivity index (χ1n) is 12.3. The third-order valence-corrected chi connectivity index (χ3v) is 7.10. The minimum atomic E-state index is -1.06. The van der Waals surface area contributed by atoms with Gasteiger partial charge < -0.3 is 20.5 Å². The number of ether oxygens (including phenoxy) is 1.